The summed E-state index contributed by atoms with van der Waals surface area (Å²) in [6, 6.07) is 37.1. The molecule has 0 nitrogen and oxygen atoms in total. The molecule has 0 aromatic heterocycles. The van der Waals surface area contributed by atoms with Gasteiger partial charge < -0.3 is 0 Å². The number of halogens is 2. The molecule has 4 aromatic carbocycles. The summed E-state index contributed by atoms with van der Waals surface area (Å²) < 4.78 is 5.95. The summed E-state index contributed by atoms with van der Waals surface area (Å²) in [7, 11) is 0. The summed E-state index contributed by atoms with van der Waals surface area (Å²) >= 11 is -0.222. The minimum absolute atomic E-state index is 0.111. The SMILES string of the molecule is c1cc2ccc1Cc1ccc(cc1)[I+]c1ccc(cc1)Cc1ccc(cc1)[I+]2. The summed E-state index contributed by atoms with van der Waals surface area (Å²) in [5, 5.41) is 0. The van der Waals surface area contributed by atoms with Crippen LogP contribution in [0.25, 0.3) is 0 Å². The van der Waals surface area contributed by atoms with Crippen LogP contribution >= 0.6 is 0 Å². The molecule has 0 atom stereocenters. The molecule has 14 rings (SSSR count). The highest BCUT2D eigenvalue weighted by Crippen LogP contribution is 2.10. The first kappa shape index (κ1) is 18.4. The van der Waals surface area contributed by atoms with Crippen molar-refractivity contribution in [1.29, 1.82) is 0 Å². The number of hydrogen-bond donors (Lipinski definition) is 0. The monoisotopic (exact) mass is 586 g/mol. The Kier molecular flexibility index (Phi) is 5.50. The summed E-state index contributed by atoms with van der Waals surface area (Å²) in [5.74, 6) is 0. The first-order valence-corrected chi connectivity index (χ1v) is 13.8. The third-order valence-electron chi connectivity index (χ3n) is 4.91. The van der Waals surface area contributed by atoms with E-state index in [0.717, 1.165) is 12.8 Å². The van der Waals surface area contributed by atoms with Gasteiger partial charge in [0, 0.05) is 0 Å². The average molecular weight is 586 g/mol. The summed E-state index contributed by atoms with van der Waals surface area (Å²) in [4.78, 5) is 0. The lowest BCUT2D eigenvalue weighted by Crippen LogP contribution is -3.61. The third-order valence-corrected chi connectivity index (χ3v) is 10.3. The lowest BCUT2D eigenvalue weighted by Gasteiger charge is -2.03. The van der Waals surface area contributed by atoms with Crippen molar-refractivity contribution in [3.05, 3.63) is 134 Å². The van der Waals surface area contributed by atoms with Crippen molar-refractivity contribution in [3.63, 3.8) is 0 Å². The molecule has 10 aliphatic heterocycles. The Morgan fingerprint density at radius 1 is 0.321 bits per heavy atom. The average Bonchev–Trinajstić information content (AvgIpc) is 2.73. The summed E-state index contributed by atoms with van der Waals surface area (Å²) in [6.45, 7) is 0. The summed E-state index contributed by atoms with van der Waals surface area (Å²) in [5.41, 5.74) is 5.59. The second kappa shape index (κ2) is 8.37. The van der Waals surface area contributed by atoms with E-state index in [-0.39, 0.29) is 42.4 Å². The van der Waals surface area contributed by atoms with Gasteiger partial charge in [-0.3, -0.25) is 0 Å². The Labute approximate surface area is 187 Å². The van der Waals surface area contributed by atoms with Crippen LogP contribution in [-0.2, 0) is 12.8 Å². The van der Waals surface area contributed by atoms with E-state index in [4.69, 9.17) is 0 Å². The predicted octanol–water partition coefficient (Wildman–Crippen LogP) is -0.562. The zero-order valence-electron chi connectivity index (χ0n) is 15.4. The van der Waals surface area contributed by atoms with Crippen molar-refractivity contribution >= 4 is 0 Å². The molecule has 0 spiro atoms. The largest absolute Gasteiger partial charge is 0.357 e. The van der Waals surface area contributed by atoms with Gasteiger partial charge in [0.2, 0.25) is 0 Å². The normalized spacial score (nSPS) is 13.1. The molecule has 0 amide bonds. The van der Waals surface area contributed by atoms with Crippen molar-refractivity contribution in [3.8, 4) is 0 Å². The van der Waals surface area contributed by atoms with Gasteiger partial charge in [-0.25, -0.2) is 0 Å². The maximum Gasteiger partial charge on any atom is 0.357 e. The van der Waals surface area contributed by atoms with Gasteiger partial charge in [-0.15, -0.1) is 0 Å². The van der Waals surface area contributed by atoms with Crippen LogP contribution in [0, 0.1) is 14.3 Å². The van der Waals surface area contributed by atoms with E-state index in [1.54, 1.807) is 0 Å². The van der Waals surface area contributed by atoms with E-state index in [2.05, 4.69) is 97.1 Å². The lowest BCUT2D eigenvalue weighted by atomic mass is 10.1. The lowest BCUT2D eigenvalue weighted by molar-refractivity contribution is -0.597. The second-order valence-electron chi connectivity index (χ2n) is 7.05. The summed E-state index contributed by atoms with van der Waals surface area (Å²) in [6.07, 6.45) is 2.03. The van der Waals surface area contributed by atoms with Crippen molar-refractivity contribution in [1.82, 2.24) is 0 Å². The number of hydrogen-bond acceptors (Lipinski definition) is 0. The Morgan fingerprint density at radius 3 is 0.750 bits per heavy atom. The molecule has 4 aromatic rings. The van der Waals surface area contributed by atoms with Gasteiger partial charge in [-0.1, -0.05) is 48.5 Å². The van der Waals surface area contributed by atoms with Crippen LogP contribution in [0.5, 0.6) is 0 Å². The van der Waals surface area contributed by atoms with Gasteiger partial charge in [-0.2, -0.15) is 0 Å². The van der Waals surface area contributed by atoms with Crippen LogP contribution in [0.1, 0.15) is 22.3 Å². The smallest absolute Gasteiger partial charge is 0.0542 e. The van der Waals surface area contributed by atoms with Gasteiger partial charge in [0.05, 0.1) is 0 Å². The third kappa shape index (κ3) is 4.49. The number of rotatable bonds is 0. The Hall–Kier alpha value is -1.66. The van der Waals surface area contributed by atoms with Gasteiger partial charge in [0.1, 0.15) is 0 Å². The quantitative estimate of drug-likeness (QED) is 0.214. The Morgan fingerprint density at radius 2 is 0.536 bits per heavy atom. The first-order chi connectivity index (χ1) is 13.8. The zero-order chi connectivity index (χ0) is 18.8. The molecular formula is C26H20I2+2. The van der Waals surface area contributed by atoms with E-state index >= 15 is 0 Å². The van der Waals surface area contributed by atoms with Crippen molar-refractivity contribution in [2.45, 2.75) is 12.8 Å². The molecule has 10 aliphatic rings. The zero-order valence-corrected chi connectivity index (χ0v) is 19.7. The van der Waals surface area contributed by atoms with Crippen molar-refractivity contribution in [2.24, 2.45) is 0 Å². The van der Waals surface area contributed by atoms with Crippen LogP contribution in [-0.4, -0.2) is 0 Å². The number of benzene rings is 4. The fourth-order valence-electron chi connectivity index (χ4n) is 3.38. The van der Waals surface area contributed by atoms with E-state index in [1.807, 2.05) is 0 Å². The topological polar surface area (TPSA) is 0 Å². The second-order valence-corrected chi connectivity index (χ2v) is 13.1. The molecule has 0 aliphatic carbocycles. The molecule has 136 valence electrons. The molecule has 2 heteroatoms. The van der Waals surface area contributed by atoms with E-state index in [1.165, 1.54) is 36.5 Å². The maximum atomic E-state index is 2.33. The minimum Gasteiger partial charge on any atom is -0.0542 e. The van der Waals surface area contributed by atoms with Crippen LogP contribution < -0.4 is 42.4 Å². The highest BCUT2D eigenvalue weighted by atomic mass is 127. The standard InChI is InChI=1S/C26H20I2/c1-9-23-10-2-19(1)17-20-3-11-25(12-4-20)28-26-15-7-22(8-16-26)18-21-5-13-24(27-23)14-6-21/h1-16H,17-18H2/q+2. The van der Waals surface area contributed by atoms with E-state index in [9.17, 15) is 0 Å². The maximum absolute atomic E-state index is 2.33. The molecule has 0 saturated carbocycles. The van der Waals surface area contributed by atoms with E-state index < -0.39 is 0 Å². The molecule has 0 fully saturated rings. The van der Waals surface area contributed by atoms with Gasteiger partial charge in [-0.05, 0) is 83.6 Å². The molecule has 10 heterocycles. The minimum atomic E-state index is -0.111. The molecule has 0 unspecified atom stereocenters. The predicted molar refractivity (Wildman–Crippen MR) is 106 cm³/mol. The van der Waals surface area contributed by atoms with Crippen LogP contribution in [0.2, 0.25) is 0 Å². The van der Waals surface area contributed by atoms with Gasteiger partial charge in [0.25, 0.3) is 0 Å². The van der Waals surface area contributed by atoms with Crippen LogP contribution in [0.3, 0.4) is 0 Å². The molecular weight excluding hydrogens is 566 g/mol. The van der Waals surface area contributed by atoms with Gasteiger partial charge >= 0.3 is 42.4 Å². The first-order valence-electron chi connectivity index (χ1n) is 9.46. The van der Waals surface area contributed by atoms with Crippen LogP contribution in [0.15, 0.2) is 97.1 Å². The fraction of sp³-hybridized carbons (Fsp3) is 0.0769. The van der Waals surface area contributed by atoms with E-state index in [0.29, 0.717) is 0 Å². The highest BCUT2D eigenvalue weighted by Gasteiger charge is 2.17. The van der Waals surface area contributed by atoms with Gasteiger partial charge in [0.15, 0.2) is 14.3 Å². The molecule has 0 N–H and O–H groups in total. The molecule has 28 heavy (non-hydrogen) atoms. The van der Waals surface area contributed by atoms with Crippen LogP contribution in [0.4, 0.5) is 0 Å². The van der Waals surface area contributed by atoms with Crippen molar-refractivity contribution < 1.29 is 42.4 Å². The highest BCUT2D eigenvalue weighted by molar-refractivity contribution is 5.27. The Balaban J connectivity index is 1.51. The molecule has 8 bridgehead atoms. The molecule has 0 radical (unpaired) electrons. The van der Waals surface area contributed by atoms with Crippen molar-refractivity contribution in [2.75, 3.05) is 0 Å². The Bertz CT molecular complexity index is 795. The fourth-order valence-corrected chi connectivity index (χ4v) is 7.70. The molecule has 0 saturated heterocycles.